The van der Waals surface area contributed by atoms with Crippen molar-refractivity contribution in [1.29, 1.82) is 0 Å². The summed E-state index contributed by atoms with van der Waals surface area (Å²) < 4.78 is 2.27. The molecule has 39 heavy (non-hydrogen) atoms. The molecule has 5 aromatic carbocycles. The van der Waals surface area contributed by atoms with E-state index in [0.717, 1.165) is 39.3 Å². The van der Waals surface area contributed by atoms with Gasteiger partial charge in [0.05, 0.1) is 27.8 Å². The fourth-order valence-corrected chi connectivity index (χ4v) is 5.66. The molecule has 0 fully saturated rings. The lowest BCUT2D eigenvalue weighted by Gasteiger charge is -2.13. The molecule has 8 rings (SSSR count). The molecule has 0 aliphatic carbocycles. The van der Waals surface area contributed by atoms with Gasteiger partial charge >= 0.3 is 0 Å². The first-order valence-corrected chi connectivity index (χ1v) is 13.0. The molecule has 0 amide bonds. The molecule has 0 saturated heterocycles. The summed E-state index contributed by atoms with van der Waals surface area (Å²) in [6, 6.07) is 44.2. The fourth-order valence-electron chi connectivity index (χ4n) is 5.66. The zero-order chi connectivity index (χ0) is 25.8. The Bertz CT molecular complexity index is 2160. The topological polar surface area (TPSA) is 43.6 Å². The highest BCUT2D eigenvalue weighted by molar-refractivity contribution is 6.18. The van der Waals surface area contributed by atoms with Crippen molar-refractivity contribution in [3.8, 4) is 28.3 Å². The number of hydrogen-bond acceptors (Lipinski definition) is 3. The van der Waals surface area contributed by atoms with Gasteiger partial charge in [-0.25, -0.2) is 9.97 Å². The SMILES string of the molecule is c1ccc(-c2cccc3c2c2cc4ccccc4cc2n3-c2nc3ccccc3nc2-c2ccccn2)cc1. The third kappa shape index (κ3) is 3.42. The summed E-state index contributed by atoms with van der Waals surface area (Å²) in [7, 11) is 0. The first kappa shape index (κ1) is 21.7. The van der Waals surface area contributed by atoms with Crippen LogP contribution in [-0.4, -0.2) is 19.5 Å². The number of aromatic nitrogens is 4. The summed E-state index contributed by atoms with van der Waals surface area (Å²) >= 11 is 0. The van der Waals surface area contributed by atoms with Gasteiger partial charge in [0.15, 0.2) is 5.82 Å². The van der Waals surface area contributed by atoms with E-state index in [1.807, 2.05) is 48.7 Å². The number of hydrogen-bond donors (Lipinski definition) is 0. The first-order valence-electron chi connectivity index (χ1n) is 13.0. The summed E-state index contributed by atoms with van der Waals surface area (Å²) in [6.07, 6.45) is 1.81. The molecule has 182 valence electrons. The van der Waals surface area contributed by atoms with Crippen LogP contribution >= 0.6 is 0 Å². The number of rotatable bonds is 3. The molecular formula is C35H22N4. The second-order valence-electron chi connectivity index (χ2n) is 9.72. The largest absolute Gasteiger partial charge is 0.292 e. The number of fused-ring (bicyclic) bond motifs is 5. The van der Waals surface area contributed by atoms with E-state index in [1.165, 1.54) is 32.7 Å². The highest BCUT2D eigenvalue weighted by Gasteiger charge is 2.21. The summed E-state index contributed by atoms with van der Waals surface area (Å²) in [5, 5.41) is 4.78. The minimum atomic E-state index is 0.756. The Morgan fingerprint density at radius 2 is 1.26 bits per heavy atom. The van der Waals surface area contributed by atoms with Crippen molar-refractivity contribution in [2.45, 2.75) is 0 Å². The predicted octanol–water partition coefficient (Wildman–Crippen LogP) is 8.61. The molecule has 0 unspecified atom stereocenters. The summed E-state index contributed by atoms with van der Waals surface area (Å²) in [4.78, 5) is 15.0. The standard InChI is InChI=1S/C35H22N4/c1-2-11-23(12-3-1)26-15-10-19-31-33(26)27-21-24-13-4-5-14-25(24)22-32(27)39(31)35-34(30-18-8-9-20-36-30)37-28-16-6-7-17-29(28)38-35/h1-22H. The minimum Gasteiger partial charge on any atom is -0.292 e. The van der Waals surface area contributed by atoms with Crippen molar-refractivity contribution in [1.82, 2.24) is 19.5 Å². The highest BCUT2D eigenvalue weighted by atomic mass is 15.1. The molecule has 0 radical (unpaired) electrons. The van der Waals surface area contributed by atoms with Gasteiger partial charge in [-0.2, -0.15) is 0 Å². The zero-order valence-corrected chi connectivity index (χ0v) is 21.0. The maximum Gasteiger partial charge on any atom is 0.166 e. The fraction of sp³-hybridized carbons (Fsp3) is 0. The highest BCUT2D eigenvalue weighted by Crippen LogP contribution is 2.41. The molecule has 0 aliphatic rings. The minimum absolute atomic E-state index is 0.756. The van der Waals surface area contributed by atoms with Crippen LogP contribution in [0.1, 0.15) is 0 Å². The second kappa shape index (κ2) is 8.61. The Hall–Kier alpha value is -5.35. The third-order valence-electron chi connectivity index (χ3n) is 7.41. The van der Waals surface area contributed by atoms with Crippen LogP contribution in [0.4, 0.5) is 0 Å². The van der Waals surface area contributed by atoms with E-state index in [2.05, 4.69) is 94.5 Å². The number of para-hydroxylation sites is 2. The zero-order valence-electron chi connectivity index (χ0n) is 21.0. The Morgan fingerprint density at radius 1 is 0.538 bits per heavy atom. The Balaban J connectivity index is 1.58. The van der Waals surface area contributed by atoms with Gasteiger partial charge in [-0.1, -0.05) is 84.9 Å². The molecule has 0 N–H and O–H groups in total. The van der Waals surface area contributed by atoms with Crippen LogP contribution in [0.2, 0.25) is 0 Å². The maximum atomic E-state index is 5.24. The number of pyridine rings is 1. The van der Waals surface area contributed by atoms with Crippen LogP contribution in [0.25, 0.3) is 71.9 Å². The van der Waals surface area contributed by atoms with Crippen LogP contribution < -0.4 is 0 Å². The average molecular weight is 499 g/mol. The molecule has 3 heterocycles. The van der Waals surface area contributed by atoms with Gasteiger partial charge < -0.3 is 0 Å². The molecule has 0 bridgehead atoms. The molecule has 8 aromatic rings. The van der Waals surface area contributed by atoms with Crippen molar-refractivity contribution in [3.05, 3.63) is 134 Å². The molecule has 3 aromatic heterocycles. The summed E-state index contributed by atoms with van der Waals surface area (Å²) in [5.41, 5.74) is 7.80. The van der Waals surface area contributed by atoms with Crippen molar-refractivity contribution in [3.63, 3.8) is 0 Å². The van der Waals surface area contributed by atoms with Crippen LogP contribution in [0, 0.1) is 0 Å². The lowest BCUT2D eigenvalue weighted by atomic mass is 9.98. The molecule has 4 heteroatoms. The molecule has 0 saturated carbocycles. The number of benzene rings is 5. The van der Waals surface area contributed by atoms with Gasteiger partial charge in [0.25, 0.3) is 0 Å². The Kier molecular flexibility index (Phi) is 4.79. The van der Waals surface area contributed by atoms with E-state index in [4.69, 9.17) is 9.97 Å². The Labute approximate surface area is 224 Å². The lowest BCUT2D eigenvalue weighted by molar-refractivity contribution is 1.07. The average Bonchev–Trinajstić information content (AvgIpc) is 3.33. The van der Waals surface area contributed by atoms with Gasteiger partial charge in [-0.3, -0.25) is 9.55 Å². The molecular weight excluding hydrogens is 476 g/mol. The molecule has 4 nitrogen and oxygen atoms in total. The van der Waals surface area contributed by atoms with Crippen LogP contribution in [0.5, 0.6) is 0 Å². The van der Waals surface area contributed by atoms with Gasteiger partial charge in [0.1, 0.15) is 5.69 Å². The quantitative estimate of drug-likeness (QED) is 0.245. The summed E-state index contributed by atoms with van der Waals surface area (Å²) in [5.74, 6) is 0.771. The monoisotopic (exact) mass is 498 g/mol. The van der Waals surface area contributed by atoms with Crippen molar-refractivity contribution >= 4 is 43.6 Å². The molecule has 0 spiro atoms. The smallest absolute Gasteiger partial charge is 0.166 e. The summed E-state index contributed by atoms with van der Waals surface area (Å²) in [6.45, 7) is 0. The van der Waals surface area contributed by atoms with Crippen molar-refractivity contribution in [2.75, 3.05) is 0 Å². The van der Waals surface area contributed by atoms with Gasteiger partial charge in [0, 0.05) is 17.0 Å². The van der Waals surface area contributed by atoms with Crippen LogP contribution in [0.15, 0.2) is 134 Å². The number of nitrogens with zero attached hydrogens (tertiary/aromatic N) is 4. The first-order chi connectivity index (χ1) is 19.3. The lowest BCUT2D eigenvalue weighted by Crippen LogP contribution is -2.04. The van der Waals surface area contributed by atoms with E-state index in [0.29, 0.717) is 0 Å². The van der Waals surface area contributed by atoms with E-state index >= 15 is 0 Å². The van der Waals surface area contributed by atoms with E-state index in [9.17, 15) is 0 Å². The van der Waals surface area contributed by atoms with Crippen molar-refractivity contribution in [2.24, 2.45) is 0 Å². The Morgan fingerprint density at radius 3 is 2.05 bits per heavy atom. The van der Waals surface area contributed by atoms with Crippen LogP contribution in [-0.2, 0) is 0 Å². The van der Waals surface area contributed by atoms with Crippen molar-refractivity contribution < 1.29 is 0 Å². The predicted molar refractivity (Wildman–Crippen MR) is 160 cm³/mol. The van der Waals surface area contributed by atoms with Gasteiger partial charge in [0.2, 0.25) is 0 Å². The van der Waals surface area contributed by atoms with Gasteiger partial charge in [-0.15, -0.1) is 0 Å². The third-order valence-corrected chi connectivity index (χ3v) is 7.41. The normalized spacial score (nSPS) is 11.6. The van der Waals surface area contributed by atoms with Crippen LogP contribution in [0.3, 0.4) is 0 Å². The maximum absolute atomic E-state index is 5.24. The van der Waals surface area contributed by atoms with E-state index in [1.54, 1.807) is 0 Å². The second-order valence-corrected chi connectivity index (χ2v) is 9.72. The van der Waals surface area contributed by atoms with E-state index in [-0.39, 0.29) is 0 Å². The molecule has 0 aliphatic heterocycles. The molecule has 0 atom stereocenters. The van der Waals surface area contributed by atoms with E-state index < -0.39 is 0 Å². The van der Waals surface area contributed by atoms with Gasteiger partial charge in [-0.05, 0) is 64.4 Å².